The lowest BCUT2D eigenvalue weighted by Crippen LogP contribution is -2.28. The predicted octanol–water partition coefficient (Wildman–Crippen LogP) is 7.51. The van der Waals surface area contributed by atoms with Gasteiger partial charge in [0.05, 0.1) is 16.3 Å². The van der Waals surface area contributed by atoms with Gasteiger partial charge < -0.3 is 4.42 Å². The fraction of sp³-hybridized carbons (Fsp3) is 0.0714. The van der Waals surface area contributed by atoms with Gasteiger partial charge in [0.2, 0.25) is 0 Å². The minimum Gasteiger partial charge on any atom is -0.457 e. The molecule has 5 rings (SSSR count). The minimum atomic E-state index is -0.303. The summed E-state index contributed by atoms with van der Waals surface area (Å²) in [6.45, 7) is 4.02. The molecule has 1 fully saturated rings. The highest BCUT2D eigenvalue weighted by Gasteiger charge is 2.35. The van der Waals surface area contributed by atoms with Gasteiger partial charge in [-0.05, 0) is 85.3 Å². The molecular formula is C28H21FN2O2S. The zero-order chi connectivity index (χ0) is 23.7. The van der Waals surface area contributed by atoms with Gasteiger partial charge in [-0.1, -0.05) is 36.4 Å². The molecule has 0 spiro atoms. The maximum Gasteiger partial charge on any atom is 0.271 e. The molecule has 34 heavy (non-hydrogen) atoms. The van der Waals surface area contributed by atoms with Crippen LogP contribution in [-0.4, -0.2) is 11.1 Å². The van der Waals surface area contributed by atoms with Crippen LogP contribution in [0.3, 0.4) is 0 Å². The van der Waals surface area contributed by atoms with E-state index in [1.807, 2.05) is 68.4 Å². The number of nitrogens with zero attached hydrogens (tertiary/aromatic N) is 2. The first-order chi connectivity index (χ1) is 16.5. The number of thioether (sulfide) groups is 1. The number of hydrogen-bond donors (Lipinski definition) is 0. The topological polar surface area (TPSA) is 45.8 Å². The quantitative estimate of drug-likeness (QED) is 0.291. The number of rotatable bonds is 4. The average molecular weight is 469 g/mol. The maximum atomic E-state index is 13.5. The van der Waals surface area contributed by atoms with Crippen molar-refractivity contribution >= 4 is 40.3 Å². The van der Waals surface area contributed by atoms with E-state index in [-0.39, 0.29) is 11.7 Å². The molecular weight excluding hydrogens is 447 g/mol. The summed E-state index contributed by atoms with van der Waals surface area (Å²) in [7, 11) is 0. The summed E-state index contributed by atoms with van der Waals surface area (Å²) in [6.07, 6.45) is 1.73. The first-order valence-electron chi connectivity index (χ1n) is 10.8. The van der Waals surface area contributed by atoms with Gasteiger partial charge >= 0.3 is 0 Å². The normalized spacial score (nSPS) is 16.1. The zero-order valence-corrected chi connectivity index (χ0v) is 19.5. The van der Waals surface area contributed by atoms with E-state index < -0.39 is 0 Å². The van der Waals surface area contributed by atoms with Crippen LogP contribution < -0.4 is 4.90 Å². The molecule has 0 bridgehead atoms. The van der Waals surface area contributed by atoms with Crippen molar-refractivity contribution in [3.8, 4) is 11.3 Å². The number of carbonyl (C=O) groups excluding carboxylic acids is 1. The van der Waals surface area contributed by atoms with E-state index in [4.69, 9.17) is 9.41 Å². The van der Waals surface area contributed by atoms with E-state index in [1.165, 1.54) is 23.9 Å². The smallest absolute Gasteiger partial charge is 0.271 e. The molecule has 0 saturated carbocycles. The molecule has 0 aliphatic carbocycles. The zero-order valence-electron chi connectivity index (χ0n) is 18.7. The Bertz CT molecular complexity index is 1400. The minimum absolute atomic E-state index is 0.166. The molecule has 1 saturated heterocycles. The second-order valence-corrected chi connectivity index (χ2v) is 8.94. The molecule has 1 aliphatic heterocycles. The predicted molar refractivity (Wildman–Crippen MR) is 137 cm³/mol. The van der Waals surface area contributed by atoms with E-state index in [1.54, 1.807) is 29.2 Å². The Balaban J connectivity index is 1.53. The maximum absolute atomic E-state index is 13.5. The van der Waals surface area contributed by atoms with Crippen LogP contribution in [0.25, 0.3) is 17.4 Å². The van der Waals surface area contributed by atoms with Gasteiger partial charge in [-0.15, -0.1) is 0 Å². The summed E-state index contributed by atoms with van der Waals surface area (Å²) >= 11 is 1.31. The Kier molecular flexibility index (Phi) is 5.90. The molecule has 4 nitrogen and oxygen atoms in total. The second-order valence-electron chi connectivity index (χ2n) is 7.93. The number of amides is 1. The molecule has 1 aliphatic rings. The number of hydrogen-bond acceptors (Lipinski definition) is 4. The van der Waals surface area contributed by atoms with Gasteiger partial charge in [-0.3, -0.25) is 9.69 Å². The lowest BCUT2D eigenvalue weighted by molar-refractivity contribution is -0.113. The summed E-state index contributed by atoms with van der Waals surface area (Å²) < 4.78 is 19.2. The van der Waals surface area contributed by atoms with Gasteiger partial charge in [0, 0.05) is 11.6 Å². The number of aliphatic imine (C=N–C) groups is 1. The Morgan fingerprint density at radius 3 is 2.29 bits per heavy atom. The Morgan fingerprint density at radius 1 is 0.882 bits per heavy atom. The monoisotopic (exact) mass is 468 g/mol. The molecule has 0 atom stereocenters. The van der Waals surface area contributed by atoms with Crippen LogP contribution in [0.5, 0.6) is 0 Å². The molecule has 0 unspecified atom stereocenters. The third kappa shape index (κ3) is 4.32. The standard InChI is InChI=1S/C28H21FN2O2S/c1-18-7-6-8-19(2)26(18)30-28-31(22-9-4-3-5-10-22)27(32)25(34-28)17-23-15-16-24(33-23)20-11-13-21(29)14-12-20/h3-17H,1-2H3/b25-17-,30-28?. The number of amidine groups is 1. The van der Waals surface area contributed by atoms with Gasteiger partial charge in [-0.25, -0.2) is 9.38 Å². The number of halogens is 1. The summed E-state index contributed by atoms with van der Waals surface area (Å²) in [5.41, 5.74) is 4.46. The summed E-state index contributed by atoms with van der Waals surface area (Å²) in [5, 5.41) is 0.588. The van der Waals surface area contributed by atoms with Crippen LogP contribution in [0.15, 0.2) is 99.2 Å². The summed E-state index contributed by atoms with van der Waals surface area (Å²) in [6, 6.07) is 25.2. The molecule has 4 aromatic rings. The Labute approximate surface area is 201 Å². The lowest BCUT2D eigenvalue weighted by atomic mass is 10.1. The van der Waals surface area contributed by atoms with Crippen molar-refractivity contribution in [3.05, 3.63) is 113 Å². The largest absolute Gasteiger partial charge is 0.457 e. The van der Waals surface area contributed by atoms with Crippen molar-refractivity contribution in [2.24, 2.45) is 4.99 Å². The Morgan fingerprint density at radius 2 is 1.59 bits per heavy atom. The molecule has 3 aromatic carbocycles. The van der Waals surface area contributed by atoms with E-state index in [0.29, 0.717) is 21.6 Å². The lowest BCUT2D eigenvalue weighted by Gasteiger charge is -2.16. The van der Waals surface area contributed by atoms with E-state index >= 15 is 0 Å². The van der Waals surface area contributed by atoms with Crippen molar-refractivity contribution in [2.45, 2.75) is 13.8 Å². The first-order valence-corrected chi connectivity index (χ1v) is 11.6. The fourth-order valence-corrected chi connectivity index (χ4v) is 4.73. The number of carbonyl (C=O) groups is 1. The van der Waals surface area contributed by atoms with Crippen molar-refractivity contribution < 1.29 is 13.6 Å². The van der Waals surface area contributed by atoms with Crippen molar-refractivity contribution in [2.75, 3.05) is 4.90 Å². The molecule has 1 amide bonds. The number of anilines is 1. The van der Waals surface area contributed by atoms with Gasteiger partial charge in [0.25, 0.3) is 5.91 Å². The van der Waals surface area contributed by atoms with Gasteiger partial charge in [0.1, 0.15) is 17.3 Å². The van der Waals surface area contributed by atoms with Crippen LogP contribution in [0.4, 0.5) is 15.8 Å². The molecule has 0 N–H and O–H groups in total. The van der Waals surface area contributed by atoms with Crippen LogP contribution in [0.1, 0.15) is 16.9 Å². The first kappa shape index (κ1) is 21.9. The highest BCUT2D eigenvalue weighted by molar-refractivity contribution is 8.19. The molecule has 2 heterocycles. The van der Waals surface area contributed by atoms with Crippen LogP contribution in [-0.2, 0) is 4.79 Å². The van der Waals surface area contributed by atoms with E-state index in [2.05, 4.69) is 0 Å². The third-order valence-corrected chi connectivity index (χ3v) is 6.47. The van der Waals surface area contributed by atoms with Crippen LogP contribution in [0.2, 0.25) is 0 Å². The third-order valence-electron chi connectivity index (χ3n) is 5.50. The van der Waals surface area contributed by atoms with Crippen LogP contribution in [0, 0.1) is 19.7 Å². The average Bonchev–Trinajstić information content (AvgIpc) is 3.42. The van der Waals surface area contributed by atoms with Crippen molar-refractivity contribution in [3.63, 3.8) is 0 Å². The number of furan rings is 1. The van der Waals surface area contributed by atoms with E-state index in [0.717, 1.165) is 28.1 Å². The highest BCUT2D eigenvalue weighted by atomic mass is 32.2. The summed E-state index contributed by atoms with van der Waals surface area (Å²) in [4.78, 5) is 20.5. The van der Waals surface area contributed by atoms with Crippen molar-refractivity contribution in [1.29, 1.82) is 0 Å². The van der Waals surface area contributed by atoms with Crippen LogP contribution >= 0.6 is 11.8 Å². The van der Waals surface area contributed by atoms with Gasteiger partial charge in [-0.2, -0.15) is 0 Å². The molecule has 0 radical (unpaired) electrons. The number of benzene rings is 3. The molecule has 1 aromatic heterocycles. The molecule has 168 valence electrons. The molecule has 6 heteroatoms. The Hall–Kier alpha value is -3.90. The highest BCUT2D eigenvalue weighted by Crippen LogP contribution is 2.38. The van der Waals surface area contributed by atoms with E-state index in [9.17, 15) is 9.18 Å². The summed E-state index contributed by atoms with van der Waals surface area (Å²) in [5.74, 6) is 0.673. The fourth-order valence-electron chi connectivity index (χ4n) is 3.76. The number of para-hydroxylation sites is 2. The second kappa shape index (κ2) is 9.15. The van der Waals surface area contributed by atoms with Crippen molar-refractivity contribution in [1.82, 2.24) is 0 Å². The van der Waals surface area contributed by atoms with Gasteiger partial charge in [0.15, 0.2) is 5.17 Å². The number of aryl methyl sites for hydroxylation is 2. The SMILES string of the molecule is Cc1cccc(C)c1N=C1S/C(=C\c2ccc(-c3ccc(F)cc3)o2)C(=O)N1c1ccccc1.